The summed E-state index contributed by atoms with van der Waals surface area (Å²) in [6.07, 6.45) is 1.09. The minimum absolute atomic E-state index is 0.111. The van der Waals surface area contributed by atoms with Gasteiger partial charge in [0.05, 0.1) is 0 Å². The number of halogens is 3. The SMILES string of the molecule is NNC(Cc1ccc(F)cc1)Cc1cc(F)ccc1Cl. The standard InChI is InChI=1S/C15H15ClF2N2/c16-15-6-5-13(18)8-11(15)9-14(20-19)7-10-1-3-12(17)4-2-10/h1-6,8,14,20H,7,9,19H2. The maximum absolute atomic E-state index is 13.2. The van der Waals surface area contributed by atoms with E-state index in [1.807, 2.05) is 0 Å². The molecule has 0 aliphatic heterocycles. The van der Waals surface area contributed by atoms with E-state index in [4.69, 9.17) is 17.4 Å². The average Bonchev–Trinajstić information content (AvgIpc) is 2.44. The van der Waals surface area contributed by atoms with Crippen molar-refractivity contribution < 1.29 is 8.78 Å². The molecule has 0 aliphatic carbocycles. The van der Waals surface area contributed by atoms with Crippen molar-refractivity contribution in [3.8, 4) is 0 Å². The van der Waals surface area contributed by atoms with E-state index in [-0.39, 0.29) is 17.7 Å². The monoisotopic (exact) mass is 296 g/mol. The molecule has 0 heterocycles. The summed E-state index contributed by atoms with van der Waals surface area (Å²) in [4.78, 5) is 0. The highest BCUT2D eigenvalue weighted by Crippen LogP contribution is 2.19. The van der Waals surface area contributed by atoms with Crippen LogP contribution < -0.4 is 11.3 Å². The zero-order valence-corrected chi connectivity index (χ0v) is 11.5. The lowest BCUT2D eigenvalue weighted by Gasteiger charge is -2.17. The fraction of sp³-hybridized carbons (Fsp3) is 0.200. The lowest BCUT2D eigenvalue weighted by molar-refractivity contribution is 0.520. The molecule has 0 saturated heterocycles. The molecular formula is C15H15ClF2N2. The summed E-state index contributed by atoms with van der Waals surface area (Å²) in [7, 11) is 0. The van der Waals surface area contributed by atoms with Crippen molar-refractivity contribution in [3.05, 3.63) is 70.2 Å². The lowest BCUT2D eigenvalue weighted by atomic mass is 9.99. The van der Waals surface area contributed by atoms with Crippen molar-refractivity contribution in [2.45, 2.75) is 18.9 Å². The zero-order valence-electron chi connectivity index (χ0n) is 10.7. The van der Waals surface area contributed by atoms with Gasteiger partial charge in [-0.25, -0.2) is 8.78 Å². The minimum atomic E-state index is -0.332. The van der Waals surface area contributed by atoms with E-state index in [1.54, 1.807) is 12.1 Å². The molecule has 2 nitrogen and oxygen atoms in total. The van der Waals surface area contributed by atoms with Crippen LogP contribution >= 0.6 is 11.6 Å². The number of rotatable bonds is 5. The first-order valence-corrected chi connectivity index (χ1v) is 6.61. The molecular weight excluding hydrogens is 282 g/mol. The van der Waals surface area contributed by atoms with E-state index in [0.29, 0.717) is 23.4 Å². The Morgan fingerprint density at radius 2 is 1.65 bits per heavy atom. The van der Waals surface area contributed by atoms with Crippen molar-refractivity contribution >= 4 is 11.6 Å². The van der Waals surface area contributed by atoms with E-state index in [2.05, 4.69) is 5.43 Å². The van der Waals surface area contributed by atoms with E-state index in [1.165, 1.54) is 30.3 Å². The first kappa shape index (κ1) is 14.9. The third-order valence-corrected chi connectivity index (χ3v) is 3.47. The van der Waals surface area contributed by atoms with Gasteiger partial charge in [0.2, 0.25) is 0 Å². The Hall–Kier alpha value is -1.49. The third-order valence-electron chi connectivity index (χ3n) is 3.11. The molecule has 20 heavy (non-hydrogen) atoms. The Bertz CT molecular complexity index is 573. The largest absolute Gasteiger partial charge is 0.271 e. The van der Waals surface area contributed by atoms with Crippen LogP contribution in [0, 0.1) is 11.6 Å². The Labute approximate surface area is 121 Å². The maximum Gasteiger partial charge on any atom is 0.123 e. The highest BCUT2D eigenvalue weighted by atomic mass is 35.5. The smallest absolute Gasteiger partial charge is 0.123 e. The second-order valence-electron chi connectivity index (χ2n) is 4.63. The number of nitrogens with two attached hydrogens (primary N) is 1. The average molecular weight is 297 g/mol. The number of hydrogen-bond donors (Lipinski definition) is 2. The van der Waals surface area contributed by atoms with Crippen LogP contribution in [0.1, 0.15) is 11.1 Å². The second kappa shape index (κ2) is 6.79. The molecule has 0 spiro atoms. The van der Waals surface area contributed by atoms with Crippen molar-refractivity contribution in [3.63, 3.8) is 0 Å². The number of hydrogen-bond acceptors (Lipinski definition) is 2. The van der Waals surface area contributed by atoms with Crippen LogP contribution in [0.3, 0.4) is 0 Å². The minimum Gasteiger partial charge on any atom is -0.271 e. The van der Waals surface area contributed by atoms with Gasteiger partial charge in [0.15, 0.2) is 0 Å². The van der Waals surface area contributed by atoms with E-state index < -0.39 is 0 Å². The molecule has 5 heteroatoms. The molecule has 2 rings (SSSR count). The predicted molar refractivity (Wildman–Crippen MR) is 76.3 cm³/mol. The van der Waals surface area contributed by atoms with Crippen LogP contribution in [0.4, 0.5) is 8.78 Å². The molecule has 0 saturated carbocycles. The molecule has 0 fully saturated rings. The van der Waals surface area contributed by atoms with Crippen LogP contribution in [-0.2, 0) is 12.8 Å². The number of nitrogens with one attached hydrogen (secondary N) is 1. The molecule has 2 aromatic carbocycles. The molecule has 0 amide bonds. The van der Waals surface area contributed by atoms with Gasteiger partial charge >= 0.3 is 0 Å². The highest BCUT2D eigenvalue weighted by molar-refractivity contribution is 6.31. The van der Waals surface area contributed by atoms with Crippen LogP contribution in [-0.4, -0.2) is 6.04 Å². The van der Waals surface area contributed by atoms with Crippen LogP contribution in [0.25, 0.3) is 0 Å². The summed E-state index contributed by atoms with van der Waals surface area (Å²) in [5, 5.41) is 0.505. The van der Waals surface area contributed by atoms with E-state index in [0.717, 1.165) is 5.56 Å². The van der Waals surface area contributed by atoms with Gasteiger partial charge in [-0.3, -0.25) is 11.3 Å². The summed E-state index contributed by atoms with van der Waals surface area (Å²) in [5.41, 5.74) is 4.32. The Kier molecular flexibility index (Phi) is 5.06. The van der Waals surface area contributed by atoms with E-state index in [9.17, 15) is 8.78 Å². The Morgan fingerprint density at radius 1 is 1.00 bits per heavy atom. The van der Waals surface area contributed by atoms with Gasteiger partial charge in [-0.1, -0.05) is 23.7 Å². The summed E-state index contributed by atoms with van der Waals surface area (Å²) in [6.45, 7) is 0. The lowest BCUT2D eigenvalue weighted by Crippen LogP contribution is -2.38. The molecule has 3 N–H and O–H groups in total. The van der Waals surface area contributed by atoms with Gasteiger partial charge in [0.1, 0.15) is 11.6 Å². The van der Waals surface area contributed by atoms with Gasteiger partial charge < -0.3 is 0 Å². The Balaban J connectivity index is 2.08. The van der Waals surface area contributed by atoms with Crippen LogP contribution in [0.15, 0.2) is 42.5 Å². The van der Waals surface area contributed by atoms with Crippen LogP contribution in [0.5, 0.6) is 0 Å². The van der Waals surface area contributed by atoms with Crippen LogP contribution in [0.2, 0.25) is 5.02 Å². The summed E-state index contributed by atoms with van der Waals surface area (Å²) >= 11 is 6.04. The van der Waals surface area contributed by atoms with Crippen molar-refractivity contribution in [1.82, 2.24) is 5.43 Å². The fourth-order valence-corrected chi connectivity index (χ4v) is 2.25. The van der Waals surface area contributed by atoms with Gasteiger partial charge in [-0.05, 0) is 54.3 Å². The van der Waals surface area contributed by atoms with E-state index >= 15 is 0 Å². The quantitative estimate of drug-likeness (QED) is 0.657. The Morgan fingerprint density at radius 3 is 2.30 bits per heavy atom. The predicted octanol–water partition coefficient (Wildman–Crippen LogP) is 3.24. The molecule has 2 aromatic rings. The number of hydrazine groups is 1. The molecule has 0 bridgehead atoms. The zero-order chi connectivity index (χ0) is 14.5. The first-order valence-electron chi connectivity index (χ1n) is 6.23. The van der Waals surface area contributed by atoms with Crippen molar-refractivity contribution in [2.24, 2.45) is 5.84 Å². The van der Waals surface area contributed by atoms with Gasteiger partial charge in [-0.15, -0.1) is 0 Å². The second-order valence-corrected chi connectivity index (χ2v) is 5.04. The molecule has 1 atom stereocenters. The van der Waals surface area contributed by atoms with Gasteiger partial charge in [0.25, 0.3) is 0 Å². The van der Waals surface area contributed by atoms with Crippen molar-refractivity contribution in [2.75, 3.05) is 0 Å². The fourth-order valence-electron chi connectivity index (χ4n) is 2.06. The van der Waals surface area contributed by atoms with Gasteiger partial charge in [0, 0.05) is 11.1 Å². The highest BCUT2D eigenvalue weighted by Gasteiger charge is 2.12. The first-order chi connectivity index (χ1) is 9.58. The topological polar surface area (TPSA) is 38.0 Å². The molecule has 0 aromatic heterocycles. The normalized spacial score (nSPS) is 12.4. The number of benzene rings is 2. The summed E-state index contributed by atoms with van der Waals surface area (Å²) in [6, 6.07) is 10.3. The summed E-state index contributed by atoms with van der Waals surface area (Å²) < 4.78 is 26.1. The molecule has 1 unspecified atom stereocenters. The van der Waals surface area contributed by atoms with Crippen molar-refractivity contribution in [1.29, 1.82) is 0 Å². The third kappa shape index (κ3) is 4.00. The molecule has 0 aliphatic rings. The summed E-state index contributed by atoms with van der Waals surface area (Å²) in [5.74, 6) is 4.92. The maximum atomic E-state index is 13.2. The van der Waals surface area contributed by atoms with Gasteiger partial charge in [-0.2, -0.15) is 0 Å². The molecule has 0 radical (unpaired) electrons. The molecule has 106 valence electrons.